The van der Waals surface area contributed by atoms with Gasteiger partial charge in [-0.2, -0.15) is 5.10 Å². The van der Waals surface area contributed by atoms with E-state index in [4.69, 9.17) is 0 Å². The van der Waals surface area contributed by atoms with Crippen LogP contribution in [0.2, 0.25) is 0 Å². The molecule has 1 fully saturated rings. The summed E-state index contributed by atoms with van der Waals surface area (Å²) in [6.07, 6.45) is 6.34. The van der Waals surface area contributed by atoms with E-state index >= 15 is 0 Å². The Hall–Kier alpha value is -2.73. The summed E-state index contributed by atoms with van der Waals surface area (Å²) in [5.41, 5.74) is 4.69. The lowest BCUT2D eigenvalue weighted by atomic mass is 10.2. The molecule has 0 aliphatic heterocycles. The molecule has 0 spiro atoms. The number of benzene rings is 1. The van der Waals surface area contributed by atoms with E-state index in [1.807, 2.05) is 30.6 Å². The average Bonchev–Trinajstić information content (AvgIpc) is 3.42. The van der Waals surface area contributed by atoms with Gasteiger partial charge in [-0.25, -0.2) is 9.97 Å². The largest absolute Gasteiger partial charge is 0.350 e. The lowest BCUT2D eigenvalue weighted by Gasteiger charge is -2.15. The van der Waals surface area contributed by atoms with Crippen molar-refractivity contribution < 1.29 is 0 Å². The molecule has 3 aromatic rings. The fourth-order valence-corrected chi connectivity index (χ4v) is 3.01. The first kappa shape index (κ1) is 16.7. The number of hydrogen-bond acceptors (Lipinski definition) is 5. The average molecular weight is 348 g/mol. The molecule has 6 nitrogen and oxygen atoms in total. The predicted octanol–water partition coefficient (Wildman–Crippen LogP) is 3.32. The Bertz CT molecular complexity index is 823. The van der Waals surface area contributed by atoms with Crippen LogP contribution in [0.1, 0.15) is 41.3 Å². The van der Waals surface area contributed by atoms with Gasteiger partial charge in [-0.3, -0.25) is 10.00 Å². The summed E-state index contributed by atoms with van der Waals surface area (Å²) in [6, 6.07) is 12.4. The monoisotopic (exact) mass is 348 g/mol. The van der Waals surface area contributed by atoms with Gasteiger partial charge in [0.1, 0.15) is 0 Å². The third-order valence-corrected chi connectivity index (χ3v) is 4.54. The zero-order valence-electron chi connectivity index (χ0n) is 15.0. The minimum atomic E-state index is 0.655. The van der Waals surface area contributed by atoms with Crippen LogP contribution in [0.3, 0.4) is 0 Å². The van der Waals surface area contributed by atoms with Crippen molar-refractivity contribution in [2.75, 3.05) is 12.4 Å². The number of H-pyrrole nitrogens is 1. The van der Waals surface area contributed by atoms with Crippen LogP contribution in [-0.2, 0) is 19.6 Å². The van der Waals surface area contributed by atoms with E-state index in [1.165, 1.54) is 24.1 Å². The second-order valence-electron chi connectivity index (χ2n) is 7.02. The first-order chi connectivity index (χ1) is 12.8. The van der Waals surface area contributed by atoms with E-state index in [1.54, 1.807) is 0 Å². The van der Waals surface area contributed by atoms with Crippen molar-refractivity contribution in [3.8, 4) is 0 Å². The van der Waals surface area contributed by atoms with Crippen LogP contribution in [0.5, 0.6) is 0 Å². The van der Waals surface area contributed by atoms with Gasteiger partial charge in [0.25, 0.3) is 0 Å². The quantitative estimate of drug-likeness (QED) is 0.653. The van der Waals surface area contributed by atoms with E-state index in [0.29, 0.717) is 11.9 Å². The fourth-order valence-electron chi connectivity index (χ4n) is 3.01. The van der Waals surface area contributed by atoms with E-state index in [9.17, 15) is 0 Å². The van der Waals surface area contributed by atoms with Gasteiger partial charge >= 0.3 is 0 Å². The van der Waals surface area contributed by atoms with Gasteiger partial charge in [0.05, 0.1) is 5.69 Å². The Labute approximate surface area is 153 Å². The van der Waals surface area contributed by atoms with Gasteiger partial charge in [0.15, 0.2) is 0 Å². The summed E-state index contributed by atoms with van der Waals surface area (Å²) in [7, 11) is 2.10. The van der Waals surface area contributed by atoms with Crippen molar-refractivity contribution in [1.82, 2.24) is 25.1 Å². The number of rotatable bonds is 8. The maximum atomic E-state index is 4.42. The van der Waals surface area contributed by atoms with Crippen LogP contribution < -0.4 is 5.32 Å². The molecule has 134 valence electrons. The summed E-state index contributed by atoms with van der Waals surface area (Å²) in [5.74, 6) is 1.34. The topological polar surface area (TPSA) is 69.7 Å². The number of anilines is 1. The van der Waals surface area contributed by atoms with Crippen LogP contribution in [-0.4, -0.2) is 32.1 Å². The highest BCUT2D eigenvalue weighted by molar-refractivity contribution is 5.28. The number of hydrogen-bond donors (Lipinski definition) is 2. The second kappa shape index (κ2) is 7.66. The fraction of sp³-hybridized carbons (Fsp3) is 0.350. The van der Waals surface area contributed by atoms with Crippen molar-refractivity contribution in [3.05, 3.63) is 71.3 Å². The van der Waals surface area contributed by atoms with Crippen LogP contribution in [0.25, 0.3) is 0 Å². The first-order valence-electron chi connectivity index (χ1n) is 9.08. The molecule has 2 N–H and O–H groups in total. The number of nitrogens with one attached hydrogen (secondary N) is 2. The van der Waals surface area contributed by atoms with Crippen molar-refractivity contribution in [1.29, 1.82) is 0 Å². The lowest BCUT2D eigenvalue weighted by Crippen LogP contribution is -2.18. The molecule has 0 amide bonds. The standard InChI is InChI=1S/C20H24N6/c1-26(14-18-9-19(25-24-18)17-7-8-17)13-16-11-22-20(23-12-16)21-10-15-5-3-2-4-6-15/h2-6,9,11-12,17H,7-8,10,13-14H2,1H3,(H,24,25)(H,21,22,23). The predicted molar refractivity (Wildman–Crippen MR) is 102 cm³/mol. The Morgan fingerprint density at radius 1 is 1.08 bits per heavy atom. The molecule has 6 heteroatoms. The maximum absolute atomic E-state index is 4.42. The molecule has 1 aliphatic carbocycles. The molecule has 0 bridgehead atoms. The van der Waals surface area contributed by atoms with Gasteiger partial charge in [-0.15, -0.1) is 0 Å². The van der Waals surface area contributed by atoms with E-state index < -0.39 is 0 Å². The normalized spacial score (nSPS) is 13.9. The summed E-state index contributed by atoms with van der Waals surface area (Å²) >= 11 is 0. The Kier molecular flexibility index (Phi) is 4.93. The SMILES string of the molecule is CN(Cc1cnc(NCc2ccccc2)nc1)Cc1cc(C2CC2)n[nH]1. The molecule has 0 unspecified atom stereocenters. The molecular formula is C20H24N6. The molecule has 1 saturated carbocycles. The highest BCUT2D eigenvalue weighted by Gasteiger charge is 2.26. The molecule has 0 atom stereocenters. The van der Waals surface area contributed by atoms with Crippen LogP contribution in [0, 0.1) is 0 Å². The molecule has 0 radical (unpaired) electrons. The minimum Gasteiger partial charge on any atom is -0.350 e. The van der Waals surface area contributed by atoms with Crippen LogP contribution in [0.15, 0.2) is 48.8 Å². The molecule has 1 aliphatic rings. The van der Waals surface area contributed by atoms with Gasteiger partial charge in [-0.05, 0) is 31.5 Å². The zero-order valence-corrected chi connectivity index (χ0v) is 15.0. The summed E-state index contributed by atoms with van der Waals surface area (Å²) in [4.78, 5) is 11.1. The molecular weight excluding hydrogens is 324 g/mol. The summed E-state index contributed by atoms with van der Waals surface area (Å²) in [5, 5.41) is 10.8. The van der Waals surface area contributed by atoms with Crippen molar-refractivity contribution in [3.63, 3.8) is 0 Å². The maximum Gasteiger partial charge on any atom is 0.222 e. The van der Waals surface area contributed by atoms with Crippen molar-refractivity contribution in [2.24, 2.45) is 0 Å². The Morgan fingerprint density at radius 2 is 1.85 bits per heavy atom. The van der Waals surface area contributed by atoms with Crippen molar-refractivity contribution in [2.45, 2.75) is 38.4 Å². The molecule has 4 rings (SSSR count). The highest BCUT2D eigenvalue weighted by atomic mass is 15.2. The zero-order chi connectivity index (χ0) is 17.8. The molecule has 26 heavy (non-hydrogen) atoms. The van der Waals surface area contributed by atoms with Crippen LogP contribution >= 0.6 is 0 Å². The second-order valence-corrected chi connectivity index (χ2v) is 7.02. The van der Waals surface area contributed by atoms with E-state index in [2.05, 4.69) is 55.6 Å². The molecule has 2 aromatic heterocycles. The van der Waals surface area contributed by atoms with E-state index in [-0.39, 0.29) is 0 Å². The molecule has 0 saturated heterocycles. The third kappa shape index (κ3) is 4.46. The molecule has 1 aromatic carbocycles. The number of aromatic amines is 1. The minimum absolute atomic E-state index is 0.655. The van der Waals surface area contributed by atoms with Gasteiger partial charge in [0, 0.05) is 49.2 Å². The van der Waals surface area contributed by atoms with Gasteiger partial charge in [-0.1, -0.05) is 30.3 Å². The molecule has 2 heterocycles. The number of nitrogens with zero attached hydrogens (tertiary/aromatic N) is 4. The third-order valence-electron chi connectivity index (χ3n) is 4.54. The Balaban J connectivity index is 1.27. The number of aromatic nitrogens is 4. The van der Waals surface area contributed by atoms with Crippen molar-refractivity contribution >= 4 is 5.95 Å². The van der Waals surface area contributed by atoms with Gasteiger partial charge in [0.2, 0.25) is 5.95 Å². The summed E-state index contributed by atoms with van der Waals surface area (Å²) in [6.45, 7) is 2.37. The highest BCUT2D eigenvalue weighted by Crippen LogP contribution is 2.39. The van der Waals surface area contributed by atoms with E-state index in [0.717, 1.165) is 30.9 Å². The van der Waals surface area contributed by atoms with Crippen LogP contribution in [0.4, 0.5) is 5.95 Å². The lowest BCUT2D eigenvalue weighted by molar-refractivity contribution is 0.314. The Morgan fingerprint density at radius 3 is 2.58 bits per heavy atom. The van der Waals surface area contributed by atoms with Gasteiger partial charge < -0.3 is 5.32 Å². The first-order valence-corrected chi connectivity index (χ1v) is 9.08. The summed E-state index contributed by atoms with van der Waals surface area (Å²) < 4.78 is 0. The smallest absolute Gasteiger partial charge is 0.222 e.